The molecule has 1 amide bonds. The van der Waals surface area contributed by atoms with Crippen LogP contribution in [-0.4, -0.2) is 50.4 Å². The minimum atomic E-state index is -1.02. The van der Waals surface area contributed by atoms with Crippen LogP contribution in [0.5, 0.6) is 5.75 Å². The minimum Gasteiger partial charge on any atom is -0.486 e. The number of rotatable bonds is 4. The number of hydrogen-bond acceptors (Lipinski definition) is 5. The molecule has 0 bridgehead atoms. The summed E-state index contributed by atoms with van der Waals surface area (Å²) in [6.07, 6.45) is 1.85. The van der Waals surface area contributed by atoms with Crippen molar-refractivity contribution in [3.63, 3.8) is 0 Å². The maximum Gasteiger partial charge on any atom is 0.407 e. The molecule has 1 aliphatic rings. The lowest BCUT2D eigenvalue weighted by Crippen LogP contribution is -2.45. The fraction of sp³-hybridized carbons (Fsp3) is 0.353. The van der Waals surface area contributed by atoms with Gasteiger partial charge in [-0.2, -0.15) is 0 Å². The van der Waals surface area contributed by atoms with Crippen molar-refractivity contribution >= 4 is 6.09 Å². The molecule has 2 heterocycles. The van der Waals surface area contributed by atoms with E-state index in [4.69, 9.17) is 9.84 Å². The van der Waals surface area contributed by atoms with Gasteiger partial charge >= 0.3 is 6.09 Å². The number of hydrogen-bond donors (Lipinski definition) is 2. The van der Waals surface area contributed by atoms with Gasteiger partial charge in [-0.1, -0.05) is 30.3 Å². The molecule has 3 rings (SSSR count). The average molecular weight is 329 g/mol. The summed E-state index contributed by atoms with van der Waals surface area (Å²) in [5.74, 6) is 0.809. The molecule has 0 aliphatic carbocycles. The van der Waals surface area contributed by atoms with Crippen LogP contribution >= 0.6 is 0 Å². The molecule has 24 heavy (non-hydrogen) atoms. The van der Waals surface area contributed by atoms with Crippen molar-refractivity contribution in [2.24, 2.45) is 0 Å². The maximum absolute atomic E-state index is 10.9. The van der Waals surface area contributed by atoms with Crippen molar-refractivity contribution in [2.45, 2.75) is 25.0 Å². The Morgan fingerprint density at radius 3 is 2.58 bits per heavy atom. The van der Waals surface area contributed by atoms with Gasteiger partial charge in [-0.3, -0.25) is 0 Å². The number of carbonyl (C=O) groups is 1. The summed E-state index contributed by atoms with van der Waals surface area (Å²) in [7, 11) is 0. The van der Waals surface area contributed by atoms with E-state index in [1.54, 1.807) is 12.4 Å². The monoisotopic (exact) mass is 329 g/mol. The highest BCUT2D eigenvalue weighted by Gasteiger charge is 2.32. The number of aliphatic hydroxyl groups excluding tert-OH is 1. The molecule has 2 atom stereocenters. The van der Waals surface area contributed by atoms with Crippen LogP contribution in [0.4, 0.5) is 4.79 Å². The SMILES string of the molecule is O=C(O)N1CC[C@H](c2ncc(OCc3ccccc3)cn2)[C@@H](O)C1. The van der Waals surface area contributed by atoms with Gasteiger partial charge in [-0.05, 0) is 12.0 Å². The number of piperidine rings is 1. The fourth-order valence-corrected chi connectivity index (χ4v) is 2.74. The van der Waals surface area contributed by atoms with Crippen LogP contribution in [0.3, 0.4) is 0 Å². The number of likely N-dealkylation sites (tertiary alicyclic amines) is 1. The van der Waals surface area contributed by atoms with Crippen molar-refractivity contribution in [1.82, 2.24) is 14.9 Å². The predicted molar refractivity (Wildman–Crippen MR) is 85.8 cm³/mol. The van der Waals surface area contributed by atoms with Crippen molar-refractivity contribution in [3.05, 3.63) is 54.1 Å². The molecule has 7 nitrogen and oxygen atoms in total. The molecule has 7 heteroatoms. The summed E-state index contributed by atoms with van der Waals surface area (Å²) in [6, 6.07) is 9.79. The summed E-state index contributed by atoms with van der Waals surface area (Å²) in [4.78, 5) is 20.7. The lowest BCUT2D eigenvalue weighted by Gasteiger charge is -2.33. The Morgan fingerprint density at radius 2 is 1.96 bits per heavy atom. The zero-order valence-corrected chi connectivity index (χ0v) is 13.1. The molecule has 2 N–H and O–H groups in total. The highest BCUT2D eigenvalue weighted by atomic mass is 16.5. The average Bonchev–Trinajstić information content (AvgIpc) is 2.61. The van der Waals surface area contributed by atoms with E-state index < -0.39 is 12.2 Å². The number of β-amino-alcohol motifs (C(OH)–C–C–N with tert-alkyl or cyclic N) is 1. The molecule has 126 valence electrons. The predicted octanol–water partition coefficient (Wildman–Crippen LogP) is 1.88. The Kier molecular flexibility index (Phi) is 4.90. The molecule has 0 spiro atoms. The van der Waals surface area contributed by atoms with Crippen molar-refractivity contribution < 1.29 is 19.7 Å². The van der Waals surface area contributed by atoms with Gasteiger partial charge in [0.1, 0.15) is 12.4 Å². The van der Waals surface area contributed by atoms with E-state index in [9.17, 15) is 9.90 Å². The molecule has 2 aromatic rings. The number of nitrogens with zero attached hydrogens (tertiary/aromatic N) is 3. The van der Waals surface area contributed by atoms with Gasteiger partial charge in [0.2, 0.25) is 0 Å². The number of ether oxygens (including phenoxy) is 1. The van der Waals surface area contributed by atoms with Crippen LogP contribution < -0.4 is 4.74 Å². The first-order chi connectivity index (χ1) is 11.6. The molecule has 1 aromatic heterocycles. The van der Waals surface area contributed by atoms with Crippen LogP contribution in [0.15, 0.2) is 42.7 Å². The standard InChI is InChI=1S/C17H19N3O4/c21-15-10-20(17(22)23)7-6-14(15)16-18-8-13(9-19-16)24-11-12-4-2-1-3-5-12/h1-5,8-9,14-15,21H,6-7,10-11H2,(H,22,23)/t14-,15-/m0/s1. The number of benzene rings is 1. The maximum atomic E-state index is 10.9. The van der Waals surface area contributed by atoms with E-state index in [2.05, 4.69) is 9.97 Å². The lowest BCUT2D eigenvalue weighted by molar-refractivity contribution is 0.0481. The van der Waals surface area contributed by atoms with E-state index in [-0.39, 0.29) is 12.5 Å². The third kappa shape index (κ3) is 3.80. The molecule has 1 aromatic carbocycles. The second-order valence-electron chi connectivity index (χ2n) is 5.74. The van der Waals surface area contributed by atoms with Crippen LogP contribution in [0, 0.1) is 0 Å². The van der Waals surface area contributed by atoms with Gasteiger partial charge in [0.25, 0.3) is 0 Å². The Bertz CT molecular complexity index is 678. The molecular formula is C17H19N3O4. The Labute approximate surface area is 139 Å². The lowest BCUT2D eigenvalue weighted by atomic mass is 9.93. The topological polar surface area (TPSA) is 95.8 Å². The molecule has 0 saturated carbocycles. The van der Waals surface area contributed by atoms with Gasteiger partial charge in [0.05, 0.1) is 25.0 Å². The Morgan fingerprint density at radius 1 is 1.25 bits per heavy atom. The molecule has 1 fully saturated rings. The van der Waals surface area contributed by atoms with E-state index in [0.717, 1.165) is 5.56 Å². The third-order valence-electron chi connectivity index (χ3n) is 4.08. The van der Waals surface area contributed by atoms with Gasteiger partial charge in [-0.15, -0.1) is 0 Å². The van der Waals surface area contributed by atoms with Gasteiger partial charge < -0.3 is 19.8 Å². The van der Waals surface area contributed by atoms with Gasteiger partial charge in [0, 0.05) is 12.5 Å². The molecule has 0 unspecified atom stereocenters. The summed E-state index contributed by atoms with van der Waals surface area (Å²) < 4.78 is 5.64. The minimum absolute atomic E-state index is 0.0790. The summed E-state index contributed by atoms with van der Waals surface area (Å²) in [5.41, 5.74) is 1.05. The fourth-order valence-electron chi connectivity index (χ4n) is 2.74. The summed E-state index contributed by atoms with van der Waals surface area (Å²) >= 11 is 0. The Hall–Kier alpha value is -2.67. The largest absolute Gasteiger partial charge is 0.486 e. The third-order valence-corrected chi connectivity index (χ3v) is 4.08. The zero-order valence-electron chi connectivity index (χ0n) is 13.1. The van der Waals surface area contributed by atoms with Crippen molar-refractivity contribution in [2.75, 3.05) is 13.1 Å². The zero-order chi connectivity index (χ0) is 16.9. The number of amides is 1. The van der Waals surface area contributed by atoms with E-state index in [0.29, 0.717) is 31.1 Å². The molecule has 1 aliphatic heterocycles. The Balaban J connectivity index is 1.59. The number of carboxylic acid groups (broad SMARTS) is 1. The van der Waals surface area contributed by atoms with E-state index in [1.165, 1.54) is 4.90 Å². The first-order valence-electron chi connectivity index (χ1n) is 7.78. The van der Waals surface area contributed by atoms with Crippen molar-refractivity contribution in [1.29, 1.82) is 0 Å². The van der Waals surface area contributed by atoms with Crippen LogP contribution in [0.1, 0.15) is 23.7 Å². The van der Waals surface area contributed by atoms with Crippen molar-refractivity contribution in [3.8, 4) is 5.75 Å². The molecular weight excluding hydrogens is 310 g/mol. The van der Waals surface area contributed by atoms with Crippen LogP contribution in [0.25, 0.3) is 0 Å². The number of aliphatic hydroxyl groups is 1. The molecule has 0 radical (unpaired) electrons. The highest BCUT2D eigenvalue weighted by Crippen LogP contribution is 2.26. The van der Waals surface area contributed by atoms with Gasteiger partial charge in [0.15, 0.2) is 5.75 Å². The van der Waals surface area contributed by atoms with Crippen LogP contribution in [-0.2, 0) is 6.61 Å². The smallest absolute Gasteiger partial charge is 0.407 e. The van der Waals surface area contributed by atoms with E-state index in [1.807, 2.05) is 30.3 Å². The normalized spacial score (nSPS) is 20.6. The summed E-state index contributed by atoms with van der Waals surface area (Å²) in [5, 5.41) is 19.1. The second kappa shape index (κ2) is 7.27. The summed E-state index contributed by atoms with van der Waals surface area (Å²) in [6.45, 7) is 0.880. The van der Waals surface area contributed by atoms with Gasteiger partial charge in [-0.25, -0.2) is 14.8 Å². The molecule has 1 saturated heterocycles. The quantitative estimate of drug-likeness (QED) is 0.889. The number of aromatic nitrogens is 2. The first kappa shape index (κ1) is 16.2. The highest BCUT2D eigenvalue weighted by molar-refractivity contribution is 5.65. The second-order valence-corrected chi connectivity index (χ2v) is 5.74. The first-order valence-corrected chi connectivity index (χ1v) is 7.78. The van der Waals surface area contributed by atoms with Crippen LogP contribution in [0.2, 0.25) is 0 Å². The van der Waals surface area contributed by atoms with E-state index >= 15 is 0 Å².